The molecule has 1 saturated carbocycles. The topological polar surface area (TPSA) is 77.0 Å². The molecule has 0 aliphatic heterocycles. The fourth-order valence-electron chi connectivity index (χ4n) is 2.61. The molecule has 1 aliphatic carbocycles. The first-order chi connectivity index (χ1) is 10.6. The highest BCUT2D eigenvalue weighted by Gasteiger charge is 2.38. The maximum absolute atomic E-state index is 12.3. The van der Waals surface area contributed by atoms with Gasteiger partial charge in [0.05, 0.1) is 6.54 Å². The van der Waals surface area contributed by atoms with Crippen LogP contribution in [0.25, 0.3) is 0 Å². The molecule has 0 saturated heterocycles. The molecule has 142 valence electrons. The zero-order valence-electron chi connectivity index (χ0n) is 14.1. The van der Waals surface area contributed by atoms with Crippen LogP contribution < -0.4 is 10.6 Å². The minimum Gasteiger partial charge on any atom is -0.382 e. The molecule has 1 fully saturated rings. The SMILES string of the molecule is CN=C(NCC(O)C(F)(F)F)NC1CCCC(C(=O)N(C)C)C1.I. The molecular formula is C14H26F3IN4O2. The lowest BCUT2D eigenvalue weighted by Gasteiger charge is -2.31. The number of amides is 1. The number of aliphatic hydroxyl groups excluding tert-OH is 1. The summed E-state index contributed by atoms with van der Waals surface area (Å²) in [5.41, 5.74) is 0. The molecule has 1 aliphatic rings. The number of aliphatic hydroxyl groups is 1. The van der Waals surface area contributed by atoms with Crippen LogP contribution in [0.2, 0.25) is 0 Å². The van der Waals surface area contributed by atoms with E-state index in [4.69, 9.17) is 5.11 Å². The van der Waals surface area contributed by atoms with Crippen molar-refractivity contribution in [3.8, 4) is 0 Å². The second-order valence-corrected chi connectivity index (χ2v) is 5.95. The van der Waals surface area contributed by atoms with E-state index in [9.17, 15) is 18.0 Å². The Morgan fingerprint density at radius 2 is 2.00 bits per heavy atom. The Kier molecular flexibility index (Phi) is 9.93. The van der Waals surface area contributed by atoms with E-state index in [1.165, 1.54) is 7.05 Å². The van der Waals surface area contributed by atoms with Gasteiger partial charge in [0, 0.05) is 33.1 Å². The number of nitrogens with zero attached hydrogens (tertiary/aromatic N) is 2. The van der Waals surface area contributed by atoms with E-state index in [1.54, 1.807) is 19.0 Å². The molecule has 0 aromatic rings. The average molecular weight is 466 g/mol. The summed E-state index contributed by atoms with van der Waals surface area (Å²) in [4.78, 5) is 17.4. The third kappa shape index (κ3) is 7.41. The highest BCUT2D eigenvalue weighted by atomic mass is 127. The number of rotatable bonds is 4. The van der Waals surface area contributed by atoms with Crippen molar-refractivity contribution in [2.45, 2.75) is 44.0 Å². The Morgan fingerprint density at radius 3 is 2.50 bits per heavy atom. The monoisotopic (exact) mass is 466 g/mol. The molecule has 0 aromatic carbocycles. The summed E-state index contributed by atoms with van der Waals surface area (Å²) in [6.45, 7) is -0.671. The number of alkyl halides is 3. The fourth-order valence-corrected chi connectivity index (χ4v) is 2.61. The average Bonchev–Trinajstić information content (AvgIpc) is 2.49. The standard InChI is InChI=1S/C14H25F3N4O2.HI/c1-18-13(19-8-11(22)14(15,16)17)20-10-6-4-5-9(7-10)12(23)21(2)3;/h9-11,22H,4-8H2,1-3H3,(H2,18,19,20);1H. The van der Waals surface area contributed by atoms with Crippen LogP contribution >= 0.6 is 24.0 Å². The highest BCUT2D eigenvalue weighted by molar-refractivity contribution is 14.0. The normalized spacial score (nSPS) is 23.0. The minimum atomic E-state index is -4.67. The van der Waals surface area contributed by atoms with Gasteiger partial charge in [-0.15, -0.1) is 24.0 Å². The summed E-state index contributed by atoms with van der Waals surface area (Å²) in [7, 11) is 4.86. The molecule has 1 rings (SSSR count). The molecule has 0 spiro atoms. The quantitative estimate of drug-likeness (QED) is 0.332. The third-order valence-corrected chi connectivity index (χ3v) is 3.87. The van der Waals surface area contributed by atoms with E-state index in [2.05, 4.69) is 15.6 Å². The number of nitrogens with one attached hydrogen (secondary N) is 2. The first-order valence-electron chi connectivity index (χ1n) is 7.58. The van der Waals surface area contributed by atoms with Crippen LogP contribution in [-0.4, -0.2) is 67.9 Å². The van der Waals surface area contributed by atoms with E-state index in [-0.39, 0.29) is 47.8 Å². The van der Waals surface area contributed by atoms with Crippen LogP contribution in [0, 0.1) is 5.92 Å². The van der Waals surface area contributed by atoms with Gasteiger partial charge in [0.25, 0.3) is 0 Å². The van der Waals surface area contributed by atoms with Crippen molar-refractivity contribution < 1.29 is 23.1 Å². The molecule has 0 aromatic heterocycles. The fraction of sp³-hybridized carbons (Fsp3) is 0.857. The number of guanidine groups is 1. The molecule has 10 heteroatoms. The summed E-state index contributed by atoms with van der Waals surface area (Å²) in [6.07, 6.45) is -4.01. The van der Waals surface area contributed by atoms with Crippen LogP contribution in [0.1, 0.15) is 25.7 Å². The molecular weight excluding hydrogens is 440 g/mol. The Hall–Kier alpha value is -0.780. The maximum atomic E-state index is 12.3. The number of hydrogen-bond acceptors (Lipinski definition) is 3. The van der Waals surface area contributed by atoms with Gasteiger partial charge in [-0.2, -0.15) is 13.2 Å². The Balaban J connectivity index is 0.00000529. The first kappa shape index (κ1) is 23.2. The van der Waals surface area contributed by atoms with Crippen molar-refractivity contribution >= 4 is 35.8 Å². The van der Waals surface area contributed by atoms with Gasteiger partial charge in [-0.05, 0) is 19.3 Å². The maximum Gasteiger partial charge on any atom is 0.416 e. The third-order valence-electron chi connectivity index (χ3n) is 3.87. The first-order valence-corrected chi connectivity index (χ1v) is 7.58. The van der Waals surface area contributed by atoms with E-state index >= 15 is 0 Å². The van der Waals surface area contributed by atoms with Crippen LogP contribution in [0.5, 0.6) is 0 Å². The van der Waals surface area contributed by atoms with Crippen LogP contribution in [-0.2, 0) is 4.79 Å². The van der Waals surface area contributed by atoms with Crippen molar-refractivity contribution in [2.24, 2.45) is 10.9 Å². The van der Waals surface area contributed by atoms with E-state index in [1.807, 2.05) is 0 Å². The molecule has 3 N–H and O–H groups in total. The van der Waals surface area contributed by atoms with Gasteiger partial charge in [0.15, 0.2) is 12.1 Å². The predicted molar refractivity (Wildman–Crippen MR) is 96.4 cm³/mol. The summed E-state index contributed by atoms with van der Waals surface area (Å²) < 4.78 is 36.9. The molecule has 24 heavy (non-hydrogen) atoms. The van der Waals surface area contributed by atoms with Crippen molar-refractivity contribution in [2.75, 3.05) is 27.7 Å². The van der Waals surface area contributed by atoms with Crippen molar-refractivity contribution in [1.82, 2.24) is 15.5 Å². The summed E-state index contributed by atoms with van der Waals surface area (Å²) in [6, 6.07) is -0.0353. The molecule has 1 amide bonds. The highest BCUT2D eigenvalue weighted by Crippen LogP contribution is 2.25. The molecule has 6 nitrogen and oxygen atoms in total. The second-order valence-electron chi connectivity index (χ2n) is 5.95. The van der Waals surface area contributed by atoms with E-state index < -0.39 is 18.8 Å². The number of hydrogen-bond donors (Lipinski definition) is 3. The summed E-state index contributed by atoms with van der Waals surface area (Å²) >= 11 is 0. The number of aliphatic imine (C=N–C) groups is 1. The predicted octanol–water partition coefficient (Wildman–Crippen LogP) is 1.34. The Morgan fingerprint density at radius 1 is 1.38 bits per heavy atom. The van der Waals surface area contributed by atoms with Crippen LogP contribution in [0.4, 0.5) is 13.2 Å². The molecule has 0 heterocycles. The van der Waals surface area contributed by atoms with E-state index in [0.29, 0.717) is 6.42 Å². The zero-order chi connectivity index (χ0) is 17.6. The smallest absolute Gasteiger partial charge is 0.382 e. The Bertz CT molecular complexity index is 433. The van der Waals surface area contributed by atoms with Gasteiger partial charge in [-0.1, -0.05) is 6.42 Å². The van der Waals surface area contributed by atoms with E-state index in [0.717, 1.165) is 19.3 Å². The number of carbonyl (C=O) groups is 1. The van der Waals surface area contributed by atoms with Gasteiger partial charge in [0.1, 0.15) is 0 Å². The molecule has 0 radical (unpaired) electrons. The lowest BCUT2D eigenvalue weighted by Crippen LogP contribution is -2.50. The van der Waals surface area contributed by atoms with Gasteiger partial charge in [-0.3, -0.25) is 9.79 Å². The molecule has 0 bridgehead atoms. The second kappa shape index (κ2) is 10.3. The van der Waals surface area contributed by atoms with Crippen LogP contribution in [0.3, 0.4) is 0 Å². The summed E-state index contributed by atoms with van der Waals surface area (Å²) in [5.74, 6) is 0.165. The largest absolute Gasteiger partial charge is 0.416 e. The molecule has 3 unspecified atom stereocenters. The Labute approximate surface area is 157 Å². The van der Waals surface area contributed by atoms with Crippen molar-refractivity contribution in [1.29, 1.82) is 0 Å². The van der Waals surface area contributed by atoms with Gasteiger partial charge >= 0.3 is 6.18 Å². The van der Waals surface area contributed by atoms with Gasteiger partial charge in [-0.25, -0.2) is 0 Å². The van der Waals surface area contributed by atoms with Crippen molar-refractivity contribution in [3.05, 3.63) is 0 Å². The van der Waals surface area contributed by atoms with Gasteiger partial charge in [0.2, 0.25) is 5.91 Å². The minimum absolute atomic E-state index is 0. The zero-order valence-corrected chi connectivity index (χ0v) is 16.4. The molecule has 3 atom stereocenters. The summed E-state index contributed by atoms with van der Waals surface area (Å²) in [5, 5.41) is 14.5. The van der Waals surface area contributed by atoms with Crippen LogP contribution in [0.15, 0.2) is 4.99 Å². The lowest BCUT2D eigenvalue weighted by molar-refractivity contribution is -0.201. The van der Waals surface area contributed by atoms with Gasteiger partial charge < -0.3 is 20.6 Å². The number of carbonyl (C=O) groups excluding carboxylic acids is 1. The number of halogens is 4. The van der Waals surface area contributed by atoms with Crippen molar-refractivity contribution in [3.63, 3.8) is 0 Å². The lowest BCUT2D eigenvalue weighted by atomic mass is 9.85.